The molecule has 5 aliphatic carbocycles. The number of methoxy groups -OCH3 is 3. The second kappa shape index (κ2) is 9.45. The molecule has 236 valence electrons. The zero-order valence-corrected chi connectivity index (χ0v) is 25.5. The molecule has 1 aromatic carbocycles. The van der Waals surface area contributed by atoms with E-state index in [-0.39, 0.29) is 36.3 Å². The van der Waals surface area contributed by atoms with Crippen LogP contribution in [0.25, 0.3) is 0 Å². The van der Waals surface area contributed by atoms with Gasteiger partial charge in [-0.2, -0.15) is 0 Å². The highest BCUT2D eigenvalue weighted by atomic mass is 16.6. The van der Waals surface area contributed by atoms with Crippen molar-refractivity contribution in [3.05, 3.63) is 29.8 Å². The SMILES string of the molecule is CCN1C[C@]2(OC(=O)c3ccccc3NC(C)=O)CC[C@H](OC)[C@@]34[C@@H]2C[C@@](O)([C@@H]13)[C@@]1(O)C[C@H](OC)C2C[C@@H]4[C@]1(O)[C@H]2OC. The molecule has 1 spiro atoms. The second-order valence-electron chi connectivity index (χ2n) is 13.9. The standard InChI is InChI=1S/C32H44N2O9/c1-6-34-16-28(43-26(36)18-9-7-8-10-20(18)33-17(2)35)12-11-24(41-4)31-22-13-19-21(40-3)14-30(38,32(22,39)25(19)42-5)29(37,27(31)34)15-23(28)31/h7-10,19,21-25,27,37-39H,6,11-16H2,1-5H3,(H,33,35)/t19?,21-,22-,23+,24-,25-,27+,28+,29+,30-,31+,32-/m0/s1. The van der Waals surface area contributed by atoms with Gasteiger partial charge in [0.2, 0.25) is 5.91 Å². The topological polar surface area (TPSA) is 147 Å². The Morgan fingerprint density at radius 1 is 1.05 bits per heavy atom. The number of amides is 1. The second-order valence-corrected chi connectivity index (χ2v) is 13.9. The Bertz CT molecular complexity index is 1340. The first-order valence-corrected chi connectivity index (χ1v) is 15.5. The Morgan fingerprint density at radius 3 is 2.44 bits per heavy atom. The maximum atomic E-state index is 14.0. The first-order chi connectivity index (χ1) is 20.4. The van der Waals surface area contributed by atoms with Gasteiger partial charge in [0.1, 0.15) is 22.4 Å². The lowest BCUT2D eigenvalue weighted by Crippen LogP contribution is -2.87. The molecule has 11 heteroatoms. The van der Waals surface area contributed by atoms with Crippen LogP contribution in [0.15, 0.2) is 24.3 Å². The molecule has 11 nitrogen and oxygen atoms in total. The van der Waals surface area contributed by atoms with Gasteiger partial charge in [0.15, 0.2) is 0 Å². The summed E-state index contributed by atoms with van der Waals surface area (Å²) >= 11 is 0. The molecule has 0 radical (unpaired) electrons. The van der Waals surface area contributed by atoms with E-state index in [4.69, 9.17) is 18.9 Å². The Morgan fingerprint density at radius 2 is 1.79 bits per heavy atom. The number of hydrogen-bond donors (Lipinski definition) is 4. The van der Waals surface area contributed by atoms with Crippen LogP contribution in [-0.4, -0.2) is 113 Å². The number of ether oxygens (including phenoxy) is 4. The Labute approximate surface area is 251 Å². The lowest BCUT2D eigenvalue weighted by molar-refractivity contribution is -0.369. The molecule has 43 heavy (non-hydrogen) atoms. The van der Waals surface area contributed by atoms with Crippen LogP contribution in [0, 0.1) is 23.2 Å². The highest BCUT2D eigenvalue weighted by Gasteiger charge is 2.93. The lowest BCUT2D eigenvalue weighted by Gasteiger charge is -2.71. The van der Waals surface area contributed by atoms with E-state index in [0.29, 0.717) is 38.0 Å². The molecule has 1 amide bonds. The van der Waals surface area contributed by atoms with E-state index >= 15 is 0 Å². The molecule has 1 unspecified atom stereocenters. The minimum atomic E-state index is -1.93. The summed E-state index contributed by atoms with van der Waals surface area (Å²) in [6.07, 6.45) is 0.245. The van der Waals surface area contributed by atoms with Crippen LogP contribution in [0.5, 0.6) is 0 Å². The zero-order chi connectivity index (χ0) is 30.7. The Hall–Kier alpha value is -2.12. The molecule has 1 aromatic rings. The average molecular weight is 601 g/mol. The average Bonchev–Trinajstić information content (AvgIpc) is 3.36. The van der Waals surface area contributed by atoms with E-state index in [1.54, 1.807) is 45.6 Å². The van der Waals surface area contributed by atoms with Crippen LogP contribution in [-0.2, 0) is 23.7 Å². The minimum absolute atomic E-state index is 0.0723. The fraction of sp³-hybridized carbons (Fsp3) is 0.750. The van der Waals surface area contributed by atoms with Crippen LogP contribution in [0.3, 0.4) is 0 Å². The molecular formula is C32H44N2O9. The molecule has 4 N–H and O–H groups in total. The van der Waals surface area contributed by atoms with Crippen LogP contribution < -0.4 is 5.32 Å². The number of benzene rings is 1. The molecule has 7 rings (SSSR count). The van der Waals surface area contributed by atoms with Crippen molar-refractivity contribution in [2.24, 2.45) is 23.2 Å². The number of carbonyl (C=O) groups excluding carboxylic acids is 2. The van der Waals surface area contributed by atoms with Gasteiger partial charge in [-0.15, -0.1) is 0 Å². The third-order valence-electron chi connectivity index (χ3n) is 12.7. The summed E-state index contributed by atoms with van der Waals surface area (Å²) < 4.78 is 24.8. The number of carbonyl (C=O) groups is 2. The fourth-order valence-electron chi connectivity index (χ4n) is 11.6. The first kappa shape index (κ1) is 29.6. The molecule has 1 saturated heterocycles. The van der Waals surface area contributed by atoms with E-state index in [0.717, 1.165) is 0 Å². The number of esters is 1. The zero-order valence-electron chi connectivity index (χ0n) is 25.5. The van der Waals surface area contributed by atoms with Gasteiger partial charge in [-0.1, -0.05) is 19.1 Å². The molecule has 5 saturated carbocycles. The van der Waals surface area contributed by atoms with Crippen molar-refractivity contribution in [1.29, 1.82) is 0 Å². The van der Waals surface area contributed by atoms with Crippen molar-refractivity contribution >= 4 is 17.6 Å². The summed E-state index contributed by atoms with van der Waals surface area (Å²) in [5, 5.41) is 41.5. The number of hydrogen-bond acceptors (Lipinski definition) is 10. The molecule has 1 aliphatic heterocycles. The molecule has 6 fully saturated rings. The first-order valence-electron chi connectivity index (χ1n) is 15.5. The number of aliphatic hydroxyl groups is 3. The van der Waals surface area contributed by atoms with Gasteiger partial charge in [0.05, 0.1) is 35.6 Å². The lowest BCUT2D eigenvalue weighted by atomic mass is 9.43. The molecule has 6 aliphatic rings. The summed E-state index contributed by atoms with van der Waals surface area (Å²) in [6.45, 7) is 4.30. The van der Waals surface area contributed by atoms with Gasteiger partial charge in [-0.3, -0.25) is 9.69 Å². The highest BCUT2D eigenvalue weighted by molar-refractivity contribution is 6.00. The van der Waals surface area contributed by atoms with Crippen molar-refractivity contribution in [2.45, 2.75) is 92.7 Å². The summed E-state index contributed by atoms with van der Waals surface area (Å²) in [7, 11) is 4.82. The van der Waals surface area contributed by atoms with Gasteiger partial charge in [0.25, 0.3) is 0 Å². The van der Waals surface area contributed by atoms with Gasteiger partial charge >= 0.3 is 5.97 Å². The summed E-state index contributed by atoms with van der Waals surface area (Å²) in [4.78, 5) is 28.1. The number of likely N-dealkylation sites (tertiary alicyclic amines) is 1. The number of rotatable bonds is 7. The van der Waals surface area contributed by atoms with Gasteiger partial charge in [-0.05, 0) is 44.4 Å². The van der Waals surface area contributed by atoms with Crippen molar-refractivity contribution in [1.82, 2.24) is 4.90 Å². The van der Waals surface area contributed by atoms with E-state index in [9.17, 15) is 24.9 Å². The van der Waals surface area contributed by atoms with Crippen molar-refractivity contribution in [3.8, 4) is 0 Å². The highest BCUT2D eigenvalue weighted by Crippen LogP contribution is 2.80. The van der Waals surface area contributed by atoms with Gasteiger partial charge < -0.3 is 39.6 Å². The molecular weight excluding hydrogens is 556 g/mol. The largest absolute Gasteiger partial charge is 0.454 e. The van der Waals surface area contributed by atoms with Crippen molar-refractivity contribution in [2.75, 3.05) is 39.7 Å². The van der Waals surface area contributed by atoms with Gasteiger partial charge in [0, 0.05) is 64.4 Å². The third kappa shape index (κ3) is 3.24. The van der Waals surface area contributed by atoms with E-state index in [2.05, 4.69) is 10.2 Å². The van der Waals surface area contributed by atoms with Gasteiger partial charge in [-0.25, -0.2) is 4.79 Å². The molecule has 12 atom stereocenters. The summed E-state index contributed by atoms with van der Waals surface area (Å²) in [5.41, 5.74) is -6.72. The predicted molar refractivity (Wildman–Crippen MR) is 153 cm³/mol. The Kier molecular flexibility index (Phi) is 6.50. The van der Waals surface area contributed by atoms with E-state index < -0.39 is 63.9 Å². The van der Waals surface area contributed by atoms with E-state index in [1.807, 2.05) is 6.92 Å². The number of para-hydroxylation sites is 1. The third-order valence-corrected chi connectivity index (χ3v) is 12.7. The maximum absolute atomic E-state index is 14.0. The normalized spacial score (nSPS) is 49.1. The van der Waals surface area contributed by atoms with Crippen LogP contribution in [0.2, 0.25) is 0 Å². The molecule has 0 aromatic heterocycles. The number of nitrogens with zero attached hydrogens (tertiary/aromatic N) is 1. The summed E-state index contributed by atoms with van der Waals surface area (Å²) in [5.74, 6) is -1.97. The minimum Gasteiger partial charge on any atom is -0.454 e. The molecule has 7 bridgehead atoms. The number of anilines is 1. The predicted octanol–water partition coefficient (Wildman–Crippen LogP) is 1.34. The molecule has 1 heterocycles. The van der Waals surface area contributed by atoms with Crippen molar-refractivity contribution < 1.29 is 43.9 Å². The van der Waals surface area contributed by atoms with Crippen LogP contribution in [0.1, 0.15) is 56.3 Å². The Balaban J connectivity index is 1.41. The van der Waals surface area contributed by atoms with Crippen LogP contribution in [0.4, 0.5) is 5.69 Å². The summed E-state index contributed by atoms with van der Waals surface area (Å²) in [6, 6.07) is 6.23. The monoisotopic (exact) mass is 600 g/mol. The smallest absolute Gasteiger partial charge is 0.340 e. The van der Waals surface area contributed by atoms with E-state index in [1.165, 1.54) is 6.92 Å². The number of piperidine rings is 1. The van der Waals surface area contributed by atoms with Crippen molar-refractivity contribution in [3.63, 3.8) is 0 Å². The number of likely N-dealkylation sites (N-methyl/N-ethyl adjacent to an activating group) is 1. The van der Waals surface area contributed by atoms with Crippen LogP contribution >= 0.6 is 0 Å². The fourth-order valence-corrected chi connectivity index (χ4v) is 11.6. The maximum Gasteiger partial charge on any atom is 0.340 e. The quantitative estimate of drug-likeness (QED) is 0.338. The number of fused-ring (bicyclic) bond motifs is 2. The number of nitrogens with one attached hydrogen (secondary N) is 1.